The molecule has 3 aliphatic rings. The molecule has 2 aromatic carbocycles. The molecule has 0 saturated heterocycles. The molecule has 1 saturated carbocycles. The fourth-order valence-electron chi connectivity index (χ4n) is 5.23. The molecule has 0 unspecified atom stereocenters. The summed E-state index contributed by atoms with van der Waals surface area (Å²) < 4.78 is 6.00. The summed E-state index contributed by atoms with van der Waals surface area (Å²) in [5.41, 5.74) is 7.24. The summed E-state index contributed by atoms with van der Waals surface area (Å²) in [6.07, 6.45) is 3.69. The summed E-state index contributed by atoms with van der Waals surface area (Å²) in [6.45, 7) is 1.46. The lowest BCUT2D eigenvalue weighted by Gasteiger charge is -2.20. The Morgan fingerprint density at radius 3 is 2.83 bits per heavy atom. The van der Waals surface area contributed by atoms with E-state index in [2.05, 4.69) is 52.3 Å². The van der Waals surface area contributed by atoms with Gasteiger partial charge in [-0.15, -0.1) is 0 Å². The van der Waals surface area contributed by atoms with E-state index in [-0.39, 0.29) is 17.8 Å². The Morgan fingerprint density at radius 2 is 2.00 bits per heavy atom. The zero-order valence-electron chi connectivity index (χ0n) is 16.5. The van der Waals surface area contributed by atoms with Crippen LogP contribution in [0.4, 0.5) is 11.4 Å². The molecule has 0 amide bonds. The molecule has 3 aromatic rings. The van der Waals surface area contributed by atoms with Gasteiger partial charge in [0.15, 0.2) is 0 Å². The van der Waals surface area contributed by atoms with Gasteiger partial charge in [-0.05, 0) is 59.2 Å². The molecule has 2 aliphatic carbocycles. The Balaban J connectivity index is 1.17. The zero-order valence-corrected chi connectivity index (χ0v) is 16.5. The number of rotatable bonds is 5. The van der Waals surface area contributed by atoms with Crippen LogP contribution in [-0.4, -0.2) is 22.6 Å². The maximum absolute atomic E-state index is 11.3. The second-order valence-corrected chi connectivity index (χ2v) is 8.47. The molecule has 3 atom stereocenters. The van der Waals surface area contributed by atoms with E-state index in [9.17, 15) is 9.90 Å². The van der Waals surface area contributed by atoms with Gasteiger partial charge in [0.2, 0.25) is 5.88 Å². The van der Waals surface area contributed by atoms with Crippen LogP contribution in [0.5, 0.6) is 5.88 Å². The predicted octanol–water partition coefficient (Wildman–Crippen LogP) is 4.33. The monoisotopic (exact) mass is 398 g/mol. The van der Waals surface area contributed by atoms with E-state index in [0.29, 0.717) is 12.5 Å². The first kappa shape index (κ1) is 17.5. The average Bonchev–Trinajstić information content (AvgIpc) is 3.14. The summed E-state index contributed by atoms with van der Waals surface area (Å²) in [7, 11) is 0. The van der Waals surface area contributed by atoms with Crippen LogP contribution in [0.15, 0.2) is 60.8 Å². The van der Waals surface area contributed by atoms with Crippen molar-refractivity contribution in [3.05, 3.63) is 83.0 Å². The number of hydrogen-bond acceptors (Lipinski definition) is 4. The standard InChI is InChI=1S/C25H22N2O3/c28-25(29)24-19-11-17-12-22(26-13-20(17)23(19)24)30-14-15-6-7-16-8-9-27(21(16)10-15)18-4-2-1-3-5-18/h1-7,10,12-13,19,23-24H,8-9,11,14H2,(H,28,29)/t19-,23-,24+/m1/s1. The van der Waals surface area contributed by atoms with Crippen molar-refractivity contribution in [1.82, 2.24) is 4.98 Å². The smallest absolute Gasteiger partial charge is 0.307 e. The molecule has 0 spiro atoms. The fraction of sp³-hybridized carbons (Fsp3) is 0.280. The molecule has 1 aromatic heterocycles. The molecule has 0 bridgehead atoms. The zero-order chi connectivity index (χ0) is 20.2. The number of carboxylic acids is 1. The molecule has 1 aliphatic heterocycles. The highest BCUT2D eigenvalue weighted by Gasteiger charge is 2.59. The molecular formula is C25H22N2O3. The second-order valence-electron chi connectivity index (χ2n) is 8.47. The lowest BCUT2D eigenvalue weighted by molar-refractivity contribution is -0.139. The predicted molar refractivity (Wildman–Crippen MR) is 113 cm³/mol. The third kappa shape index (κ3) is 2.76. The summed E-state index contributed by atoms with van der Waals surface area (Å²) >= 11 is 0. The number of hydrogen-bond donors (Lipinski definition) is 1. The SMILES string of the molecule is O=C(O)[C@H]1[C@@H]2Cc3cc(OCc4ccc5c(c4)N(c4ccccc4)CC5)ncc3[C@@H]21. The van der Waals surface area contributed by atoms with Gasteiger partial charge in [0.25, 0.3) is 0 Å². The Bertz CT molecular complexity index is 1140. The first-order valence-corrected chi connectivity index (χ1v) is 10.5. The molecule has 2 heterocycles. The van der Waals surface area contributed by atoms with Crippen LogP contribution in [0, 0.1) is 11.8 Å². The van der Waals surface area contributed by atoms with Crippen molar-refractivity contribution in [3.63, 3.8) is 0 Å². The van der Waals surface area contributed by atoms with Crippen LogP contribution < -0.4 is 9.64 Å². The molecule has 30 heavy (non-hydrogen) atoms. The Morgan fingerprint density at radius 1 is 1.13 bits per heavy atom. The number of para-hydroxylation sites is 1. The number of fused-ring (bicyclic) bond motifs is 4. The molecular weight excluding hydrogens is 376 g/mol. The van der Waals surface area contributed by atoms with Crippen molar-refractivity contribution < 1.29 is 14.6 Å². The molecule has 1 N–H and O–H groups in total. The van der Waals surface area contributed by atoms with Crippen LogP contribution in [0.2, 0.25) is 0 Å². The van der Waals surface area contributed by atoms with E-state index in [0.717, 1.165) is 30.5 Å². The normalized spacial score (nSPS) is 22.9. The summed E-state index contributed by atoms with van der Waals surface area (Å²) in [6, 6.07) is 19.0. The Kier molecular flexibility index (Phi) is 3.85. The topological polar surface area (TPSA) is 62.7 Å². The van der Waals surface area contributed by atoms with Gasteiger partial charge < -0.3 is 14.7 Å². The summed E-state index contributed by atoms with van der Waals surface area (Å²) in [5, 5.41) is 9.26. The number of pyridine rings is 1. The molecule has 0 radical (unpaired) electrons. The highest BCUT2D eigenvalue weighted by molar-refractivity contribution is 5.77. The first-order valence-electron chi connectivity index (χ1n) is 10.5. The van der Waals surface area contributed by atoms with Gasteiger partial charge in [0.1, 0.15) is 6.61 Å². The molecule has 5 heteroatoms. The van der Waals surface area contributed by atoms with Crippen molar-refractivity contribution in [2.75, 3.05) is 11.4 Å². The highest BCUT2D eigenvalue weighted by atomic mass is 16.5. The number of carboxylic acid groups (broad SMARTS) is 1. The van der Waals surface area contributed by atoms with Crippen molar-refractivity contribution in [2.45, 2.75) is 25.4 Å². The summed E-state index contributed by atoms with van der Waals surface area (Å²) in [5.74, 6) is 0.111. The number of anilines is 2. The van der Waals surface area contributed by atoms with E-state index in [1.165, 1.54) is 22.5 Å². The molecule has 5 nitrogen and oxygen atoms in total. The van der Waals surface area contributed by atoms with E-state index < -0.39 is 5.97 Å². The van der Waals surface area contributed by atoms with E-state index >= 15 is 0 Å². The van der Waals surface area contributed by atoms with Crippen molar-refractivity contribution in [1.29, 1.82) is 0 Å². The number of aromatic nitrogens is 1. The number of nitrogens with zero attached hydrogens (tertiary/aromatic N) is 2. The van der Waals surface area contributed by atoms with Crippen molar-refractivity contribution in [2.24, 2.45) is 11.8 Å². The van der Waals surface area contributed by atoms with Crippen LogP contribution in [-0.2, 0) is 24.2 Å². The van der Waals surface area contributed by atoms with Crippen LogP contribution in [0.25, 0.3) is 0 Å². The van der Waals surface area contributed by atoms with Gasteiger partial charge in [-0.3, -0.25) is 4.79 Å². The lowest BCUT2D eigenvalue weighted by Crippen LogP contribution is -2.13. The van der Waals surface area contributed by atoms with Crippen molar-refractivity contribution >= 4 is 17.3 Å². The summed E-state index contributed by atoms with van der Waals surface area (Å²) in [4.78, 5) is 18.1. The number of benzene rings is 2. The minimum atomic E-state index is -0.683. The van der Waals surface area contributed by atoms with Gasteiger partial charge in [0.05, 0.1) is 5.92 Å². The van der Waals surface area contributed by atoms with Crippen molar-refractivity contribution in [3.8, 4) is 5.88 Å². The quantitative estimate of drug-likeness (QED) is 0.693. The van der Waals surface area contributed by atoms with Gasteiger partial charge in [0, 0.05) is 36.1 Å². The minimum absolute atomic E-state index is 0.153. The third-order valence-electron chi connectivity index (χ3n) is 6.77. The van der Waals surface area contributed by atoms with E-state index in [1.807, 2.05) is 18.3 Å². The Labute approximate surface area is 174 Å². The molecule has 150 valence electrons. The van der Waals surface area contributed by atoms with Crippen LogP contribution in [0.3, 0.4) is 0 Å². The first-order chi connectivity index (χ1) is 14.7. The molecule has 6 rings (SSSR count). The van der Waals surface area contributed by atoms with Crippen LogP contribution >= 0.6 is 0 Å². The van der Waals surface area contributed by atoms with Gasteiger partial charge in [-0.1, -0.05) is 30.3 Å². The van der Waals surface area contributed by atoms with Gasteiger partial charge in [-0.25, -0.2) is 4.98 Å². The number of ether oxygens (including phenoxy) is 1. The van der Waals surface area contributed by atoms with E-state index in [1.54, 1.807) is 0 Å². The highest BCUT2D eigenvalue weighted by Crippen LogP contribution is 2.61. The maximum Gasteiger partial charge on any atom is 0.307 e. The fourth-order valence-corrected chi connectivity index (χ4v) is 5.23. The molecule has 1 fully saturated rings. The van der Waals surface area contributed by atoms with Gasteiger partial charge in [-0.2, -0.15) is 0 Å². The van der Waals surface area contributed by atoms with Gasteiger partial charge >= 0.3 is 5.97 Å². The largest absolute Gasteiger partial charge is 0.481 e. The lowest BCUT2D eigenvalue weighted by atomic mass is 10.0. The third-order valence-corrected chi connectivity index (χ3v) is 6.77. The second kappa shape index (κ2) is 6.59. The Hall–Kier alpha value is -3.34. The average molecular weight is 398 g/mol. The van der Waals surface area contributed by atoms with E-state index in [4.69, 9.17) is 4.74 Å². The number of carbonyl (C=O) groups is 1. The maximum atomic E-state index is 11.3. The minimum Gasteiger partial charge on any atom is -0.481 e. The number of aliphatic carboxylic acids is 1. The van der Waals surface area contributed by atoms with Crippen LogP contribution in [0.1, 0.15) is 28.2 Å².